The van der Waals surface area contributed by atoms with Gasteiger partial charge in [-0.15, -0.1) is 34.0 Å². The molecule has 0 atom stereocenters. The molecule has 3 rings (SSSR count). The summed E-state index contributed by atoms with van der Waals surface area (Å²) in [5.74, 6) is -2.33. The molecule has 0 spiro atoms. The minimum Gasteiger partial charge on any atom is -0.504 e. The first-order valence-corrected chi connectivity index (χ1v) is 6.00. The van der Waals surface area contributed by atoms with E-state index in [0.717, 1.165) is 0 Å². The molecule has 0 unspecified atom stereocenters. The number of halogens is 2. The fraction of sp³-hybridized carbons (Fsp3) is 0. The Morgan fingerprint density at radius 1 is 1.09 bits per heavy atom. The minimum atomic E-state index is -0.681. The highest BCUT2D eigenvalue weighted by atomic mass is 79.9. The van der Waals surface area contributed by atoms with E-state index in [0.29, 0.717) is 11.0 Å². The van der Waals surface area contributed by atoms with Crippen LogP contribution in [0.1, 0.15) is 10.5 Å². The van der Waals surface area contributed by atoms with Gasteiger partial charge in [0, 0.05) is 18.3 Å². The maximum atomic E-state index is 11.6. The fourth-order valence-electron chi connectivity index (χ4n) is 2.21. The van der Waals surface area contributed by atoms with Crippen molar-refractivity contribution >= 4 is 50.9 Å². The van der Waals surface area contributed by atoms with Gasteiger partial charge >= 0.3 is 0 Å². The zero-order valence-electron chi connectivity index (χ0n) is 11.5. The smallest absolute Gasteiger partial charge is 0.265 e. The lowest BCUT2D eigenvalue weighted by Gasteiger charge is -2.11. The lowest BCUT2D eigenvalue weighted by atomic mass is 10.2. The normalized spacial score (nSPS) is 9.91. The van der Waals surface area contributed by atoms with Crippen molar-refractivity contribution in [1.82, 2.24) is 9.55 Å². The van der Waals surface area contributed by atoms with Gasteiger partial charge in [-0.25, -0.2) is 0 Å². The van der Waals surface area contributed by atoms with Crippen LogP contribution in [0.3, 0.4) is 0 Å². The Hall–Kier alpha value is -2.26. The van der Waals surface area contributed by atoms with Gasteiger partial charge in [-0.05, 0) is 18.2 Å². The van der Waals surface area contributed by atoms with E-state index in [1.807, 2.05) is 0 Å². The third-order valence-corrected chi connectivity index (χ3v) is 3.14. The number of pyridine rings is 1. The molecule has 0 bridgehead atoms. The van der Waals surface area contributed by atoms with E-state index in [-0.39, 0.29) is 45.3 Å². The van der Waals surface area contributed by atoms with Crippen molar-refractivity contribution in [2.45, 2.75) is 0 Å². The summed E-state index contributed by atoms with van der Waals surface area (Å²) in [7, 11) is 0. The summed E-state index contributed by atoms with van der Waals surface area (Å²) >= 11 is 0. The molecule has 2 aromatic heterocycles. The molecule has 5 N–H and O–H groups in total. The highest BCUT2D eigenvalue weighted by Gasteiger charge is 2.17. The number of carbonyl (C=O) groups excluding carboxylic acids is 1. The first kappa shape index (κ1) is 18.8. The van der Waals surface area contributed by atoms with Crippen LogP contribution in [-0.4, -0.2) is 30.8 Å². The van der Waals surface area contributed by atoms with Crippen molar-refractivity contribution in [1.29, 1.82) is 0 Å². The van der Waals surface area contributed by atoms with Crippen molar-refractivity contribution < 1.29 is 20.1 Å². The summed E-state index contributed by atoms with van der Waals surface area (Å²) < 4.78 is 1.45. The number of hydrogen-bond donors (Lipinski definition) is 4. The Morgan fingerprint density at radius 2 is 1.70 bits per heavy atom. The van der Waals surface area contributed by atoms with Gasteiger partial charge in [0.1, 0.15) is 5.69 Å². The van der Waals surface area contributed by atoms with Crippen LogP contribution in [0.25, 0.3) is 16.7 Å². The highest BCUT2D eigenvalue weighted by Crippen LogP contribution is 2.37. The van der Waals surface area contributed by atoms with Crippen molar-refractivity contribution in [2.75, 3.05) is 0 Å². The number of primary amides is 1. The molecule has 122 valence electrons. The van der Waals surface area contributed by atoms with Gasteiger partial charge in [0.2, 0.25) is 0 Å². The van der Waals surface area contributed by atoms with E-state index in [4.69, 9.17) is 5.73 Å². The van der Waals surface area contributed by atoms with Gasteiger partial charge in [0.25, 0.3) is 5.91 Å². The number of benzene rings is 1. The molecule has 2 heterocycles. The summed E-state index contributed by atoms with van der Waals surface area (Å²) in [6, 6.07) is 7.35. The second-order valence-corrected chi connectivity index (χ2v) is 4.47. The maximum Gasteiger partial charge on any atom is 0.265 e. The average Bonchev–Trinajstić information content (AvgIpc) is 2.84. The second kappa shape index (κ2) is 6.88. The summed E-state index contributed by atoms with van der Waals surface area (Å²) in [5.41, 5.74) is 6.90. The van der Waals surface area contributed by atoms with Crippen molar-refractivity contribution in [3.05, 3.63) is 42.2 Å². The first-order valence-electron chi connectivity index (χ1n) is 6.00. The molecule has 0 aliphatic rings. The molecule has 1 aromatic carbocycles. The van der Waals surface area contributed by atoms with Gasteiger partial charge in [-0.1, -0.05) is 0 Å². The number of carbonyl (C=O) groups is 1. The van der Waals surface area contributed by atoms with Crippen molar-refractivity contribution in [2.24, 2.45) is 5.73 Å². The zero-order valence-corrected chi connectivity index (χ0v) is 14.9. The molecule has 1 amide bonds. The van der Waals surface area contributed by atoms with Crippen LogP contribution >= 0.6 is 34.0 Å². The van der Waals surface area contributed by atoms with Crippen LogP contribution < -0.4 is 5.73 Å². The molecule has 23 heavy (non-hydrogen) atoms. The molecule has 0 aliphatic heterocycles. The maximum absolute atomic E-state index is 11.6. The number of nitrogens with zero attached hydrogens (tertiary/aromatic N) is 2. The summed E-state index contributed by atoms with van der Waals surface area (Å²) in [6.07, 6.45) is 1.57. The zero-order chi connectivity index (χ0) is 15.1. The number of phenolic OH excluding ortho intramolecular Hbond substituents is 3. The van der Waals surface area contributed by atoms with Gasteiger partial charge in [0.15, 0.2) is 17.2 Å². The molecular weight excluding hydrogens is 434 g/mol. The van der Waals surface area contributed by atoms with Crippen LogP contribution in [0.5, 0.6) is 17.2 Å². The molecule has 0 saturated carbocycles. The molecule has 3 aromatic rings. The Morgan fingerprint density at radius 3 is 2.26 bits per heavy atom. The predicted octanol–water partition coefficient (Wildman–Crippen LogP) is 2.40. The van der Waals surface area contributed by atoms with Crippen LogP contribution in [0.2, 0.25) is 0 Å². The Balaban J connectivity index is 0.00000132. The number of hydrogen-bond acceptors (Lipinski definition) is 5. The third-order valence-electron chi connectivity index (χ3n) is 3.14. The lowest BCUT2D eigenvalue weighted by molar-refractivity contribution is 0.0994. The van der Waals surface area contributed by atoms with E-state index in [9.17, 15) is 20.1 Å². The number of aromatic nitrogens is 2. The number of fused-ring (bicyclic) bond motifs is 1. The molecule has 0 radical (unpaired) electrons. The molecule has 7 nitrogen and oxygen atoms in total. The molecule has 0 aliphatic carbocycles. The largest absolute Gasteiger partial charge is 0.504 e. The highest BCUT2D eigenvalue weighted by molar-refractivity contribution is 8.93. The Labute approximate surface area is 151 Å². The minimum absolute atomic E-state index is 0. The predicted molar refractivity (Wildman–Crippen MR) is 95.2 cm³/mol. The van der Waals surface area contributed by atoms with Gasteiger partial charge < -0.3 is 25.6 Å². The number of phenols is 3. The Kier molecular flexibility index (Phi) is 5.62. The SMILES string of the molecule is Br.Br.NC(=O)c1cc2ncccc2n1-c1cc(O)c(O)c(O)c1. The third kappa shape index (κ3) is 3.10. The average molecular weight is 447 g/mol. The quantitative estimate of drug-likeness (QED) is 0.450. The monoisotopic (exact) mass is 445 g/mol. The van der Waals surface area contributed by atoms with E-state index in [1.165, 1.54) is 22.8 Å². The number of amides is 1. The summed E-state index contributed by atoms with van der Waals surface area (Å²) in [5, 5.41) is 28.7. The molecule has 9 heteroatoms. The standard InChI is InChI=1S/C14H11N3O4.2BrH/c15-14(21)10-6-8-9(2-1-3-16-8)17(10)7-4-11(18)13(20)12(19)5-7;;/h1-6,18-20H,(H2,15,21);2*1H. The van der Waals surface area contributed by atoms with E-state index >= 15 is 0 Å². The summed E-state index contributed by atoms with van der Waals surface area (Å²) in [6.45, 7) is 0. The first-order chi connectivity index (χ1) is 9.99. The number of aromatic hydroxyl groups is 3. The summed E-state index contributed by atoms with van der Waals surface area (Å²) in [4.78, 5) is 15.7. The van der Waals surface area contributed by atoms with Gasteiger partial charge in [0.05, 0.1) is 16.7 Å². The van der Waals surface area contributed by atoms with Crippen molar-refractivity contribution in [3.63, 3.8) is 0 Å². The van der Waals surface area contributed by atoms with Crippen LogP contribution in [-0.2, 0) is 0 Å². The second-order valence-electron chi connectivity index (χ2n) is 4.47. The van der Waals surface area contributed by atoms with E-state index in [2.05, 4.69) is 4.98 Å². The van der Waals surface area contributed by atoms with Crippen molar-refractivity contribution in [3.8, 4) is 22.9 Å². The van der Waals surface area contributed by atoms with Crippen LogP contribution in [0.15, 0.2) is 36.5 Å². The van der Waals surface area contributed by atoms with E-state index in [1.54, 1.807) is 18.3 Å². The van der Waals surface area contributed by atoms with Crippen LogP contribution in [0.4, 0.5) is 0 Å². The Bertz CT molecular complexity index is 857. The van der Waals surface area contributed by atoms with Gasteiger partial charge in [-0.2, -0.15) is 0 Å². The lowest BCUT2D eigenvalue weighted by Crippen LogP contribution is -2.15. The van der Waals surface area contributed by atoms with Crippen LogP contribution in [0, 0.1) is 0 Å². The molecular formula is C14H13Br2N3O4. The molecule has 0 fully saturated rings. The number of rotatable bonds is 2. The molecule has 0 saturated heterocycles. The number of nitrogens with two attached hydrogens (primary N) is 1. The van der Waals surface area contributed by atoms with E-state index < -0.39 is 23.2 Å². The topological polar surface area (TPSA) is 122 Å². The fourth-order valence-corrected chi connectivity index (χ4v) is 2.21. The van der Waals surface area contributed by atoms with Gasteiger partial charge in [-0.3, -0.25) is 9.78 Å².